The molecule has 2 aromatic rings. The highest BCUT2D eigenvalue weighted by Crippen LogP contribution is 2.37. The molecule has 3 aliphatic heterocycles. The number of β-lactam (4-membered cyclic amide) rings is 1. The fraction of sp³-hybridized carbons (Fsp3) is 0.476. The minimum atomic E-state index is -0.440. The van der Waals surface area contributed by atoms with E-state index in [1.54, 1.807) is 45.9 Å². The summed E-state index contributed by atoms with van der Waals surface area (Å²) in [5, 5.41) is 13.5. The Bertz CT molecular complexity index is 1120. The van der Waals surface area contributed by atoms with E-state index in [1.165, 1.54) is 0 Å². The van der Waals surface area contributed by atoms with Crippen LogP contribution in [0.3, 0.4) is 0 Å². The Morgan fingerprint density at radius 3 is 2.69 bits per heavy atom. The second kappa shape index (κ2) is 7.02. The zero-order valence-corrected chi connectivity index (χ0v) is 18.3. The van der Waals surface area contributed by atoms with Crippen LogP contribution in [0.15, 0.2) is 24.4 Å². The van der Waals surface area contributed by atoms with Gasteiger partial charge in [-0.15, -0.1) is 0 Å². The summed E-state index contributed by atoms with van der Waals surface area (Å²) in [4.78, 5) is 45.5. The molecule has 32 heavy (non-hydrogen) atoms. The molecule has 11 nitrogen and oxygen atoms in total. The molecule has 4 amide bonds. The van der Waals surface area contributed by atoms with Crippen LogP contribution in [0, 0.1) is 5.41 Å². The summed E-state index contributed by atoms with van der Waals surface area (Å²) < 4.78 is 1.55. The molecular weight excluding hydrogens is 412 g/mol. The second-order valence-corrected chi connectivity index (χ2v) is 9.37. The van der Waals surface area contributed by atoms with Gasteiger partial charge in [0.25, 0.3) is 5.91 Å². The van der Waals surface area contributed by atoms with Gasteiger partial charge >= 0.3 is 6.03 Å². The number of hydrogen-bond donors (Lipinski definition) is 3. The number of carbonyl (C=O) groups excluding carboxylic acids is 3. The molecule has 1 spiro atoms. The van der Waals surface area contributed by atoms with Crippen molar-refractivity contribution in [2.24, 2.45) is 12.5 Å². The zero-order chi connectivity index (χ0) is 22.7. The Balaban J connectivity index is 1.35. The normalized spacial score (nSPS) is 24.1. The quantitative estimate of drug-likeness (QED) is 0.604. The molecule has 3 saturated heterocycles. The predicted molar refractivity (Wildman–Crippen MR) is 118 cm³/mol. The molecule has 2 aromatic heterocycles. The summed E-state index contributed by atoms with van der Waals surface area (Å²) in [6.45, 7) is 6.35. The van der Waals surface area contributed by atoms with Crippen LogP contribution in [0.4, 0.5) is 22.1 Å². The predicted octanol–water partition coefficient (Wildman–Crippen LogP) is 0.702. The van der Waals surface area contributed by atoms with Gasteiger partial charge in [-0.2, -0.15) is 5.10 Å². The Labute approximate surface area is 185 Å². The smallest absolute Gasteiger partial charge is 0.323 e. The van der Waals surface area contributed by atoms with Gasteiger partial charge in [0.15, 0.2) is 5.82 Å². The van der Waals surface area contributed by atoms with Gasteiger partial charge in [0.05, 0.1) is 23.7 Å². The van der Waals surface area contributed by atoms with E-state index in [2.05, 4.69) is 26.0 Å². The number of rotatable bonds is 4. The van der Waals surface area contributed by atoms with Crippen LogP contribution in [0.1, 0.15) is 30.8 Å². The van der Waals surface area contributed by atoms with Crippen LogP contribution >= 0.6 is 0 Å². The topological polar surface area (TPSA) is 124 Å². The zero-order valence-electron chi connectivity index (χ0n) is 18.3. The van der Waals surface area contributed by atoms with Gasteiger partial charge in [-0.25, -0.2) is 9.78 Å². The molecule has 168 valence electrons. The van der Waals surface area contributed by atoms with Crippen molar-refractivity contribution in [1.29, 1.82) is 0 Å². The van der Waals surface area contributed by atoms with Crippen molar-refractivity contribution < 1.29 is 14.4 Å². The number of urea groups is 1. The van der Waals surface area contributed by atoms with Gasteiger partial charge in [-0.05, 0) is 38.9 Å². The summed E-state index contributed by atoms with van der Waals surface area (Å²) in [6.07, 6.45) is 2.51. The minimum Gasteiger partial charge on any atom is -0.329 e. The second-order valence-electron chi connectivity index (χ2n) is 9.37. The minimum absolute atomic E-state index is 0.0396. The van der Waals surface area contributed by atoms with Crippen LogP contribution in [-0.2, 0) is 11.8 Å². The van der Waals surface area contributed by atoms with E-state index >= 15 is 0 Å². The summed E-state index contributed by atoms with van der Waals surface area (Å²) in [5.74, 6) is 0.355. The summed E-state index contributed by atoms with van der Waals surface area (Å²) >= 11 is 0. The first-order valence-electron chi connectivity index (χ1n) is 10.6. The van der Waals surface area contributed by atoms with E-state index in [9.17, 15) is 14.4 Å². The van der Waals surface area contributed by atoms with Crippen molar-refractivity contribution in [1.82, 2.24) is 25.4 Å². The van der Waals surface area contributed by atoms with Crippen molar-refractivity contribution in [3.8, 4) is 0 Å². The Hall–Kier alpha value is -3.47. The van der Waals surface area contributed by atoms with Gasteiger partial charge in [0.2, 0.25) is 5.91 Å². The summed E-state index contributed by atoms with van der Waals surface area (Å²) in [7, 11) is 1.73. The van der Waals surface area contributed by atoms with Crippen LogP contribution in [-0.4, -0.2) is 64.3 Å². The summed E-state index contributed by atoms with van der Waals surface area (Å²) in [6, 6.07) is 4.79. The Kier molecular flexibility index (Phi) is 4.48. The lowest BCUT2D eigenvalue weighted by molar-refractivity contribution is -0.132. The highest BCUT2D eigenvalue weighted by molar-refractivity contribution is 6.09. The highest BCUT2D eigenvalue weighted by Gasteiger charge is 2.47. The number of amides is 4. The number of aromatic nitrogens is 3. The molecule has 0 aromatic carbocycles. The first-order valence-corrected chi connectivity index (χ1v) is 10.6. The average molecular weight is 438 g/mol. The molecule has 1 unspecified atom stereocenters. The number of anilines is 3. The van der Waals surface area contributed by atoms with Gasteiger partial charge < -0.3 is 16.0 Å². The fourth-order valence-electron chi connectivity index (χ4n) is 4.51. The average Bonchev–Trinajstić information content (AvgIpc) is 3.45. The van der Waals surface area contributed by atoms with Gasteiger partial charge in [0, 0.05) is 20.1 Å². The van der Waals surface area contributed by atoms with E-state index in [0.29, 0.717) is 37.0 Å². The number of pyridine rings is 1. The molecule has 0 saturated carbocycles. The molecule has 11 heteroatoms. The maximum absolute atomic E-state index is 13.0. The van der Waals surface area contributed by atoms with Gasteiger partial charge in [0.1, 0.15) is 17.2 Å². The molecule has 0 radical (unpaired) electrons. The van der Waals surface area contributed by atoms with E-state index < -0.39 is 11.3 Å². The lowest BCUT2D eigenvalue weighted by atomic mass is 9.83. The SMILES string of the molecule is Cn1cc(NC(=O)c2cccc(N3CC4(CCNC4)NC3=O)n2)c(N2CC(C)(C)C2=O)n1. The number of carbonyl (C=O) groups is 3. The molecule has 3 fully saturated rings. The molecule has 5 heterocycles. The molecule has 3 aliphatic rings. The number of nitrogens with zero attached hydrogens (tertiary/aromatic N) is 5. The molecule has 3 N–H and O–H groups in total. The van der Waals surface area contributed by atoms with Crippen molar-refractivity contribution in [2.75, 3.05) is 41.3 Å². The van der Waals surface area contributed by atoms with E-state index in [4.69, 9.17) is 0 Å². The van der Waals surface area contributed by atoms with E-state index in [0.717, 1.165) is 13.0 Å². The third-order valence-corrected chi connectivity index (χ3v) is 6.26. The first-order chi connectivity index (χ1) is 15.2. The van der Waals surface area contributed by atoms with Crippen LogP contribution in [0.2, 0.25) is 0 Å². The largest absolute Gasteiger partial charge is 0.329 e. The molecule has 0 aliphatic carbocycles. The van der Waals surface area contributed by atoms with Crippen LogP contribution < -0.4 is 25.8 Å². The third kappa shape index (κ3) is 3.29. The monoisotopic (exact) mass is 438 g/mol. The Morgan fingerprint density at radius 1 is 1.19 bits per heavy atom. The number of aryl methyl sites for hydroxylation is 1. The van der Waals surface area contributed by atoms with Crippen LogP contribution in [0.25, 0.3) is 0 Å². The van der Waals surface area contributed by atoms with Crippen LogP contribution in [0.5, 0.6) is 0 Å². The van der Waals surface area contributed by atoms with Crippen molar-refractivity contribution in [3.05, 3.63) is 30.1 Å². The standard InChI is InChI=1S/C21H26N8O3/c1-20(2)11-29(18(20)31)16-14(9-27(3)26-16)24-17(30)13-5-4-6-15(23-13)28-12-21(25-19(28)32)7-8-22-10-21/h4-6,9,22H,7-8,10-12H2,1-3H3,(H,24,30)(H,25,32). The maximum atomic E-state index is 13.0. The lowest BCUT2D eigenvalue weighted by Gasteiger charge is -2.43. The molecule has 0 bridgehead atoms. The molecule has 5 rings (SSSR count). The van der Waals surface area contributed by atoms with E-state index in [1.807, 2.05) is 13.8 Å². The van der Waals surface area contributed by atoms with Gasteiger partial charge in [-0.3, -0.25) is 24.1 Å². The van der Waals surface area contributed by atoms with Crippen molar-refractivity contribution >= 4 is 35.2 Å². The lowest BCUT2D eigenvalue weighted by Crippen LogP contribution is -2.59. The third-order valence-electron chi connectivity index (χ3n) is 6.26. The van der Waals surface area contributed by atoms with E-state index in [-0.39, 0.29) is 23.2 Å². The van der Waals surface area contributed by atoms with Crippen molar-refractivity contribution in [3.63, 3.8) is 0 Å². The van der Waals surface area contributed by atoms with Crippen molar-refractivity contribution in [2.45, 2.75) is 25.8 Å². The number of nitrogens with one attached hydrogen (secondary N) is 3. The Morgan fingerprint density at radius 2 is 2.00 bits per heavy atom. The summed E-state index contributed by atoms with van der Waals surface area (Å²) in [5.41, 5.74) is -0.120. The number of hydrogen-bond acceptors (Lipinski definition) is 6. The first kappa shape index (κ1) is 20.4. The van der Waals surface area contributed by atoms with Gasteiger partial charge in [-0.1, -0.05) is 6.07 Å². The highest BCUT2D eigenvalue weighted by atomic mass is 16.2. The maximum Gasteiger partial charge on any atom is 0.323 e. The fourth-order valence-corrected chi connectivity index (χ4v) is 4.51. The molecular formula is C21H26N8O3. The molecule has 1 atom stereocenters.